The van der Waals surface area contributed by atoms with Crippen molar-refractivity contribution in [2.45, 2.75) is 38.6 Å². The van der Waals surface area contributed by atoms with Crippen LogP contribution < -0.4 is 0 Å². The molecule has 0 radical (unpaired) electrons. The average Bonchev–Trinajstić information content (AvgIpc) is 2.61. The Bertz CT molecular complexity index is 445. The van der Waals surface area contributed by atoms with Crippen LogP contribution in [0.25, 0.3) is 0 Å². The first-order valence-corrected chi connectivity index (χ1v) is 8.44. The second-order valence-corrected chi connectivity index (χ2v) is 7.57. The monoisotopic (exact) mass is 291 g/mol. The van der Waals surface area contributed by atoms with Gasteiger partial charge in [-0.3, -0.25) is 9.59 Å². The Hall–Kier alpha value is -1.11. The molecule has 1 heterocycles. The van der Waals surface area contributed by atoms with E-state index in [1.165, 1.54) is 6.26 Å². The molecule has 0 spiro atoms. The Kier molecular flexibility index (Phi) is 5.34. The van der Waals surface area contributed by atoms with E-state index in [9.17, 15) is 18.0 Å². The first kappa shape index (κ1) is 15.9. The molecular formula is C12H21NO5S. The van der Waals surface area contributed by atoms with Gasteiger partial charge in [0.25, 0.3) is 0 Å². The molecule has 0 bridgehead atoms. The van der Waals surface area contributed by atoms with Gasteiger partial charge >= 0.3 is 5.97 Å². The van der Waals surface area contributed by atoms with Crippen molar-refractivity contribution < 1.29 is 23.1 Å². The van der Waals surface area contributed by atoms with Crippen molar-refractivity contribution in [1.82, 2.24) is 4.90 Å². The van der Waals surface area contributed by atoms with E-state index in [2.05, 4.69) is 0 Å². The van der Waals surface area contributed by atoms with Crippen molar-refractivity contribution in [3.8, 4) is 0 Å². The number of carboxylic acid groups (broad SMARTS) is 1. The minimum absolute atomic E-state index is 0.00789. The van der Waals surface area contributed by atoms with Gasteiger partial charge in [0.1, 0.15) is 9.84 Å². The maximum atomic E-state index is 12.1. The van der Waals surface area contributed by atoms with Gasteiger partial charge in [0.05, 0.1) is 5.75 Å². The number of amides is 1. The molecule has 0 aromatic carbocycles. The van der Waals surface area contributed by atoms with E-state index in [1.807, 2.05) is 0 Å². The van der Waals surface area contributed by atoms with E-state index >= 15 is 0 Å². The van der Waals surface area contributed by atoms with Gasteiger partial charge in [-0.25, -0.2) is 8.42 Å². The fraction of sp³-hybridized carbons (Fsp3) is 0.833. The zero-order chi connectivity index (χ0) is 14.6. The summed E-state index contributed by atoms with van der Waals surface area (Å²) in [6.07, 6.45) is 2.79. The van der Waals surface area contributed by atoms with E-state index in [4.69, 9.17) is 5.11 Å². The van der Waals surface area contributed by atoms with E-state index in [0.717, 1.165) is 6.42 Å². The zero-order valence-corrected chi connectivity index (χ0v) is 12.1. The highest BCUT2D eigenvalue weighted by Crippen LogP contribution is 2.21. The van der Waals surface area contributed by atoms with Crippen molar-refractivity contribution in [3.05, 3.63) is 0 Å². The Balaban J connectivity index is 2.57. The predicted octanol–water partition coefficient (Wildman–Crippen LogP) is 0.523. The fourth-order valence-electron chi connectivity index (χ4n) is 2.47. The van der Waals surface area contributed by atoms with Crippen molar-refractivity contribution in [3.63, 3.8) is 0 Å². The molecule has 1 unspecified atom stereocenters. The maximum absolute atomic E-state index is 12.1. The lowest BCUT2D eigenvalue weighted by molar-refractivity contribution is -0.138. The molecule has 19 heavy (non-hydrogen) atoms. The number of aliphatic carboxylic acids is 1. The van der Waals surface area contributed by atoms with Gasteiger partial charge in [-0.2, -0.15) is 0 Å². The minimum Gasteiger partial charge on any atom is -0.481 e. The number of carbonyl (C=O) groups excluding carboxylic acids is 1. The van der Waals surface area contributed by atoms with Crippen LogP contribution in [0.15, 0.2) is 0 Å². The van der Waals surface area contributed by atoms with Crippen LogP contribution in [0, 0.1) is 5.92 Å². The Morgan fingerprint density at radius 3 is 2.53 bits per heavy atom. The molecule has 1 N–H and O–H groups in total. The molecule has 0 saturated carbocycles. The van der Waals surface area contributed by atoms with Gasteiger partial charge in [-0.15, -0.1) is 0 Å². The van der Waals surface area contributed by atoms with E-state index in [-0.39, 0.29) is 36.5 Å². The van der Waals surface area contributed by atoms with Gasteiger partial charge in [0.2, 0.25) is 5.91 Å². The maximum Gasteiger partial charge on any atom is 0.303 e. The molecule has 0 aromatic heterocycles. The van der Waals surface area contributed by atoms with Gasteiger partial charge in [0, 0.05) is 31.7 Å². The zero-order valence-electron chi connectivity index (χ0n) is 11.3. The molecule has 1 rings (SSSR count). The highest BCUT2D eigenvalue weighted by atomic mass is 32.2. The van der Waals surface area contributed by atoms with Crippen LogP contribution in [0.2, 0.25) is 0 Å². The van der Waals surface area contributed by atoms with E-state index in [0.29, 0.717) is 13.0 Å². The molecule has 110 valence electrons. The summed E-state index contributed by atoms with van der Waals surface area (Å²) in [4.78, 5) is 24.2. The molecule has 1 saturated heterocycles. The van der Waals surface area contributed by atoms with Crippen molar-refractivity contribution in [2.24, 2.45) is 5.92 Å². The fourth-order valence-corrected chi connectivity index (χ4v) is 3.52. The van der Waals surface area contributed by atoms with Crippen LogP contribution in [-0.4, -0.2) is 54.9 Å². The molecule has 2 atom stereocenters. The lowest BCUT2D eigenvalue weighted by Crippen LogP contribution is -2.40. The third-order valence-corrected chi connectivity index (χ3v) is 4.23. The summed E-state index contributed by atoms with van der Waals surface area (Å²) in [7, 11) is -3.11. The molecule has 1 amide bonds. The van der Waals surface area contributed by atoms with Crippen LogP contribution in [0.1, 0.15) is 32.6 Å². The number of hydrogen-bond acceptors (Lipinski definition) is 4. The summed E-state index contributed by atoms with van der Waals surface area (Å²) in [6, 6.07) is -0.250. The van der Waals surface area contributed by atoms with Crippen LogP contribution in [-0.2, 0) is 19.4 Å². The summed E-state index contributed by atoms with van der Waals surface area (Å²) < 4.78 is 22.6. The molecule has 1 fully saturated rings. The molecule has 0 aromatic rings. The van der Waals surface area contributed by atoms with Crippen LogP contribution in [0.4, 0.5) is 0 Å². The first-order valence-electron chi connectivity index (χ1n) is 6.38. The molecule has 1 aliphatic heterocycles. The first-order chi connectivity index (χ1) is 8.69. The van der Waals surface area contributed by atoms with E-state index < -0.39 is 15.8 Å². The summed E-state index contributed by atoms with van der Waals surface area (Å²) in [5.74, 6) is -1.30. The highest BCUT2D eigenvalue weighted by molar-refractivity contribution is 7.90. The number of nitrogens with zero attached hydrogens (tertiary/aromatic N) is 1. The normalized spacial score (nSPS) is 21.4. The molecule has 7 heteroatoms. The SMILES string of the molecule is CC(CC(=O)O)CC(=O)N1CCC[C@@H]1CS(C)(=O)=O. The van der Waals surface area contributed by atoms with Crippen LogP contribution >= 0.6 is 0 Å². The number of carboxylic acids is 1. The number of rotatable bonds is 6. The van der Waals surface area contributed by atoms with Gasteiger partial charge in [-0.1, -0.05) is 6.92 Å². The molecule has 0 aliphatic carbocycles. The average molecular weight is 291 g/mol. The highest BCUT2D eigenvalue weighted by Gasteiger charge is 2.31. The predicted molar refractivity (Wildman–Crippen MR) is 70.5 cm³/mol. The van der Waals surface area contributed by atoms with Crippen molar-refractivity contribution in [1.29, 1.82) is 0 Å². The van der Waals surface area contributed by atoms with Crippen molar-refractivity contribution >= 4 is 21.7 Å². The van der Waals surface area contributed by atoms with Crippen LogP contribution in [0.3, 0.4) is 0 Å². The quantitative estimate of drug-likeness (QED) is 0.770. The second-order valence-electron chi connectivity index (χ2n) is 5.38. The van der Waals surface area contributed by atoms with Gasteiger partial charge in [0.15, 0.2) is 0 Å². The smallest absolute Gasteiger partial charge is 0.303 e. The molecular weight excluding hydrogens is 270 g/mol. The second kappa shape index (κ2) is 6.36. The lowest BCUT2D eigenvalue weighted by Gasteiger charge is -2.25. The third kappa shape index (κ3) is 5.59. The largest absolute Gasteiger partial charge is 0.481 e. The summed E-state index contributed by atoms with van der Waals surface area (Å²) in [5.41, 5.74) is 0. The Labute approximate surface area is 113 Å². The number of likely N-dealkylation sites (tertiary alicyclic amines) is 1. The minimum atomic E-state index is -3.11. The Morgan fingerprint density at radius 2 is 2.00 bits per heavy atom. The molecule has 6 nitrogen and oxygen atoms in total. The van der Waals surface area contributed by atoms with E-state index in [1.54, 1.807) is 11.8 Å². The summed E-state index contributed by atoms with van der Waals surface area (Å²) in [5, 5.41) is 8.66. The number of carbonyl (C=O) groups is 2. The number of hydrogen-bond donors (Lipinski definition) is 1. The standard InChI is InChI=1S/C12H21NO5S/c1-9(7-12(15)16)6-11(14)13-5-3-4-10(13)8-19(2,17)18/h9-10H,3-8H2,1-2H3,(H,15,16)/t9?,10-/m1/s1. The Morgan fingerprint density at radius 1 is 1.37 bits per heavy atom. The lowest BCUT2D eigenvalue weighted by atomic mass is 10.0. The topological polar surface area (TPSA) is 91.8 Å². The van der Waals surface area contributed by atoms with Crippen molar-refractivity contribution in [2.75, 3.05) is 18.6 Å². The van der Waals surface area contributed by atoms with Gasteiger partial charge < -0.3 is 10.0 Å². The summed E-state index contributed by atoms with van der Waals surface area (Å²) in [6.45, 7) is 2.28. The summed E-state index contributed by atoms with van der Waals surface area (Å²) >= 11 is 0. The van der Waals surface area contributed by atoms with Gasteiger partial charge in [-0.05, 0) is 18.8 Å². The molecule has 1 aliphatic rings. The third-order valence-electron chi connectivity index (χ3n) is 3.24. The number of sulfone groups is 1. The van der Waals surface area contributed by atoms with Crippen LogP contribution in [0.5, 0.6) is 0 Å².